The van der Waals surface area contributed by atoms with Crippen molar-refractivity contribution in [1.29, 1.82) is 0 Å². The van der Waals surface area contributed by atoms with Gasteiger partial charge >= 0.3 is 0 Å². The largest absolute Gasteiger partial charge is 0.367 e. The van der Waals surface area contributed by atoms with Gasteiger partial charge in [0.25, 0.3) is 0 Å². The Morgan fingerprint density at radius 1 is 1.89 bits per heavy atom. The minimum Gasteiger partial charge on any atom is -0.367 e. The Morgan fingerprint density at radius 2 is 2.67 bits per heavy atom. The van der Waals surface area contributed by atoms with E-state index in [1.807, 2.05) is 0 Å². The normalized spacial score (nSPS) is 9.89. The first kappa shape index (κ1) is 6.48. The lowest BCUT2D eigenvalue weighted by molar-refractivity contribution is 0.435. The van der Waals surface area contributed by atoms with Gasteiger partial charge in [0.15, 0.2) is 0 Å². The van der Waals surface area contributed by atoms with E-state index in [-0.39, 0.29) is 0 Å². The highest BCUT2D eigenvalue weighted by Crippen LogP contribution is 2.22. The molecule has 4 heteroatoms. The summed E-state index contributed by atoms with van der Waals surface area (Å²) in [6.07, 6.45) is 1.63. The quantitative estimate of drug-likeness (QED) is 0.637. The van der Waals surface area contributed by atoms with Gasteiger partial charge in [0.2, 0.25) is 5.88 Å². The molecular weight excluding hydrogens is 136 g/mol. The van der Waals surface area contributed by atoms with Gasteiger partial charge in [0.1, 0.15) is 0 Å². The van der Waals surface area contributed by atoms with E-state index in [0.717, 1.165) is 10.6 Å². The highest BCUT2D eigenvalue weighted by molar-refractivity contribution is 7.99. The van der Waals surface area contributed by atoms with Crippen LogP contribution >= 0.6 is 11.8 Å². The summed E-state index contributed by atoms with van der Waals surface area (Å²) in [6.45, 7) is 2.05. The molecule has 0 aliphatic carbocycles. The smallest absolute Gasteiger partial charge is 0.235 e. The highest BCUT2D eigenvalue weighted by atomic mass is 32.2. The van der Waals surface area contributed by atoms with Crippen LogP contribution < -0.4 is 5.73 Å². The van der Waals surface area contributed by atoms with Crippen LogP contribution in [-0.2, 0) is 0 Å². The van der Waals surface area contributed by atoms with Gasteiger partial charge < -0.3 is 10.3 Å². The SMILES string of the molecule is CCSc1cnoc1N. The van der Waals surface area contributed by atoms with Crippen LogP contribution in [-0.4, -0.2) is 10.9 Å². The second-order valence-corrected chi connectivity index (χ2v) is 2.79. The van der Waals surface area contributed by atoms with Crippen LogP contribution in [0.1, 0.15) is 6.92 Å². The molecule has 1 heterocycles. The summed E-state index contributed by atoms with van der Waals surface area (Å²) >= 11 is 1.63. The maximum Gasteiger partial charge on any atom is 0.235 e. The summed E-state index contributed by atoms with van der Waals surface area (Å²) in [5.41, 5.74) is 5.38. The summed E-state index contributed by atoms with van der Waals surface area (Å²) < 4.78 is 4.62. The van der Waals surface area contributed by atoms with Crippen LogP contribution in [0.25, 0.3) is 0 Å². The highest BCUT2D eigenvalue weighted by Gasteiger charge is 2.00. The van der Waals surface area contributed by atoms with Crippen molar-refractivity contribution in [1.82, 2.24) is 5.16 Å². The zero-order valence-electron chi connectivity index (χ0n) is 5.13. The summed E-state index contributed by atoms with van der Waals surface area (Å²) in [4.78, 5) is 0.928. The first-order valence-electron chi connectivity index (χ1n) is 2.67. The minimum absolute atomic E-state index is 0.418. The Labute approximate surface area is 57.6 Å². The maximum absolute atomic E-state index is 5.38. The van der Waals surface area contributed by atoms with E-state index < -0.39 is 0 Å². The van der Waals surface area contributed by atoms with Gasteiger partial charge in [-0.3, -0.25) is 0 Å². The van der Waals surface area contributed by atoms with Gasteiger partial charge in [-0.15, -0.1) is 11.8 Å². The van der Waals surface area contributed by atoms with Gasteiger partial charge in [0.05, 0.1) is 11.1 Å². The average Bonchev–Trinajstić information content (AvgIpc) is 2.18. The molecule has 0 aliphatic rings. The number of nitrogens with zero attached hydrogens (tertiary/aromatic N) is 1. The van der Waals surface area contributed by atoms with Gasteiger partial charge in [0, 0.05) is 0 Å². The lowest BCUT2D eigenvalue weighted by Crippen LogP contribution is -1.81. The number of hydrogen-bond acceptors (Lipinski definition) is 4. The number of nitrogens with two attached hydrogens (primary N) is 1. The second-order valence-electron chi connectivity index (χ2n) is 1.49. The third-order valence-corrected chi connectivity index (χ3v) is 1.77. The molecular formula is C5H8N2OS. The predicted molar refractivity (Wildman–Crippen MR) is 37.3 cm³/mol. The van der Waals surface area contributed by atoms with E-state index in [1.54, 1.807) is 18.0 Å². The fraction of sp³-hybridized carbons (Fsp3) is 0.400. The van der Waals surface area contributed by atoms with E-state index in [0.29, 0.717) is 5.88 Å². The van der Waals surface area contributed by atoms with Crippen LogP contribution in [0.3, 0.4) is 0 Å². The lowest BCUT2D eigenvalue weighted by atomic mass is 10.7. The molecule has 1 aromatic rings. The average molecular weight is 144 g/mol. The van der Waals surface area contributed by atoms with Gasteiger partial charge in [-0.25, -0.2) is 0 Å². The number of nitrogen functional groups attached to an aromatic ring is 1. The Balaban J connectivity index is 2.69. The topological polar surface area (TPSA) is 52.0 Å². The molecule has 0 aromatic carbocycles. The van der Waals surface area contributed by atoms with Crippen LogP contribution in [0.5, 0.6) is 0 Å². The molecule has 0 unspecified atom stereocenters. The van der Waals surface area contributed by atoms with Crippen molar-refractivity contribution < 1.29 is 4.52 Å². The van der Waals surface area contributed by atoms with Crippen molar-refractivity contribution in [3.05, 3.63) is 6.20 Å². The van der Waals surface area contributed by atoms with Gasteiger partial charge in [-0.1, -0.05) is 12.1 Å². The third kappa shape index (κ3) is 1.38. The molecule has 0 fully saturated rings. The predicted octanol–water partition coefficient (Wildman–Crippen LogP) is 1.37. The molecule has 0 bridgehead atoms. The molecule has 9 heavy (non-hydrogen) atoms. The standard InChI is InChI=1S/C5H8N2OS/c1-2-9-4-3-7-8-5(4)6/h3H,2,6H2,1H3. The van der Waals surface area contributed by atoms with Gasteiger partial charge in [-0.05, 0) is 5.75 Å². The molecule has 0 amide bonds. The van der Waals surface area contributed by atoms with Gasteiger partial charge in [-0.2, -0.15) is 0 Å². The first-order chi connectivity index (χ1) is 4.34. The van der Waals surface area contributed by atoms with E-state index in [1.165, 1.54) is 0 Å². The number of hydrogen-bond donors (Lipinski definition) is 1. The number of rotatable bonds is 2. The van der Waals surface area contributed by atoms with Crippen LogP contribution in [0.4, 0.5) is 5.88 Å². The van der Waals surface area contributed by atoms with E-state index in [4.69, 9.17) is 5.73 Å². The van der Waals surface area contributed by atoms with Crippen molar-refractivity contribution in [2.24, 2.45) is 0 Å². The molecule has 3 nitrogen and oxygen atoms in total. The molecule has 0 saturated heterocycles. The van der Waals surface area contributed by atoms with Crippen molar-refractivity contribution >= 4 is 17.6 Å². The van der Waals surface area contributed by atoms with Crippen molar-refractivity contribution in [2.45, 2.75) is 11.8 Å². The van der Waals surface area contributed by atoms with Crippen molar-refractivity contribution in [2.75, 3.05) is 11.5 Å². The van der Waals surface area contributed by atoms with Crippen LogP contribution in [0.2, 0.25) is 0 Å². The molecule has 0 atom stereocenters. The van der Waals surface area contributed by atoms with E-state index in [2.05, 4.69) is 16.6 Å². The molecule has 0 radical (unpaired) electrons. The summed E-state index contributed by atoms with van der Waals surface area (Å²) in [5.74, 6) is 1.41. The van der Waals surface area contributed by atoms with Crippen LogP contribution in [0.15, 0.2) is 15.6 Å². The Bertz CT molecular complexity index is 187. The van der Waals surface area contributed by atoms with E-state index >= 15 is 0 Å². The zero-order chi connectivity index (χ0) is 6.69. The summed E-state index contributed by atoms with van der Waals surface area (Å²) in [5, 5.41) is 3.52. The second kappa shape index (κ2) is 2.77. The molecule has 50 valence electrons. The number of anilines is 1. The fourth-order valence-corrected chi connectivity index (χ4v) is 1.11. The van der Waals surface area contributed by atoms with Crippen LogP contribution in [0, 0.1) is 0 Å². The Kier molecular flexibility index (Phi) is 2.00. The van der Waals surface area contributed by atoms with Crippen molar-refractivity contribution in [3.63, 3.8) is 0 Å². The fourth-order valence-electron chi connectivity index (χ4n) is 0.504. The molecule has 0 spiro atoms. The molecule has 0 saturated carbocycles. The summed E-state index contributed by atoms with van der Waals surface area (Å²) in [7, 11) is 0. The van der Waals surface area contributed by atoms with E-state index in [9.17, 15) is 0 Å². The Hall–Kier alpha value is -0.640. The third-order valence-electron chi connectivity index (χ3n) is 0.864. The minimum atomic E-state index is 0.418. The lowest BCUT2D eigenvalue weighted by Gasteiger charge is -1.88. The molecule has 2 N–H and O–H groups in total. The number of thioether (sulfide) groups is 1. The molecule has 1 rings (SSSR count). The first-order valence-corrected chi connectivity index (χ1v) is 3.66. The molecule has 0 aliphatic heterocycles. The maximum atomic E-state index is 5.38. The molecule has 1 aromatic heterocycles. The Morgan fingerprint density at radius 3 is 3.11 bits per heavy atom. The number of aromatic nitrogens is 1. The zero-order valence-corrected chi connectivity index (χ0v) is 5.94. The summed E-state index contributed by atoms with van der Waals surface area (Å²) in [6, 6.07) is 0. The van der Waals surface area contributed by atoms with Crippen molar-refractivity contribution in [3.8, 4) is 0 Å². The monoisotopic (exact) mass is 144 g/mol.